The smallest absolute Gasteiger partial charge is 0.411 e. The summed E-state index contributed by atoms with van der Waals surface area (Å²) in [5.41, 5.74) is -4.38. The molecule has 0 bridgehead atoms. The predicted octanol–water partition coefficient (Wildman–Crippen LogP) is 5.08. The van der Waals surface area contributed by atoms with Crippen LogP contribution < -0.4 is 0 Å². The lowest BCUT2D eigenvalue weighted by Crippen LogP contribution is -1.99. The van der Waals surface area contributed by atoms with E-state index in [-0.39, 0.29) is 21.5 Å². The molecule has 1 heterocycles. The number of fused-ring (bicyclic) bond motifs is 1. The van der Waals surface area contributed by atoms with Crippen LogP contribution in [0.2, 0.25) is 0 Å². The van der Waals surface area contributed by atoms with Crippen LogP contribution in [0, 0.1) is 0 Å². The molecule has 0 amide bonds. The largest absolute Gasteiger partial charge is 0.446 e. The summed E-state index contributed by atoms with van der Waals surface area (Å²) in [5.74, 6) is 0. The topological polar surface area (TPSA) is 32.6 Å². The third-order valence-corrected chi connectivity index (χ3v) is 5.14. The highest BCUT2D eigenvalue weighted by Crippen LogP contribution is 2.46. The minimum atomic E-state index is -4.38. The van der Waals surface area contributed by atoms with Crippen molar-refractivity contribution in [1.29, 1.82) is 0 Å². The second kappa shape index (κ2) is 5.10. The second-order valence-corrected chi connectivity index (χ2v) is 6.19. The quantitative estimate of drug-likeness (QED) is 0.352. The molecule has 8 heteroatoms. The number of rotatable bonds is 2. The molecular formula is C10H5BrF3NOS2. The Bertz CT molecular complexity index is 609. The van der Waals surface area contributed by atoms with E-state index in [4.69, 9.17) is 5.21 Å². The Morgan fingerprint density at radius 2 is 2.11 bits per heavy atom. The van der Waals surface area contributed by atoms with Crippen molar-refractivity contribution < 1.29 is 18.4 Å². The van der Waals surface area contributed by atoms with Crippen LogP contribution in [-0.4, -0.2) is 16.9 Å². The fourth-order valence-electron chi connectivity index (χ4n) is 1.44. The summed E-state index contributed by atoms with van der Waals surface area (Å²) in [6, 6.07) is 5.03. The number of benzene rings is 1. The Kier molecular flexibility index (Phi) is 3.88. The first-order valence-electron chi connectivity index (χ1n) is 4.56. The van der Waals surface area contributed by atoms with Gasteiger partial charge in [0.05, 0.1) is 15.8 Å². The first-order chi connectivity index (χ1) is 8.42. The summed E-state index contributed by atoms with van der Waals surface area (Å²) in [7, 11) is 0. The van der Waals surface area contributed by atoms with Gasteiger partial charge in [-0.15, -0.1) is 11.3 Å². The molecule has 0 saturated carbocycles. The number of oxime groups is 1. The van der Waals surface area contributed by atoms with Crippen molar-refractivity contribution in [3.05, 3.63) is 27.5 Å². The standard InChI is InChI=1S/C10H5BrF3NOS2/c11-6-3-1-2-5-8(6)17-7(4-15-16)9(5)18-10(12,13)14/h1-4,16H/b15-4+. The molecule has 0 spiro atoms. The van der Waals surface area contributed by atoms with Crippen LogP contribution in [0.1, 0.15) is 4.88 Å². The molecule has 0 fully saturated rings. The molecule has 18 heavy (non-hydrogen) atoms. The van der Waals surface area contributed by atoms with E-state index in [2.05, 4.69) is 21.1 Å². The summed E-state index contributed by atoms with van der Waals surface area (Å²) in [5, 5.41) is 11.8. The van der Waals surface area contributed by atoms with Crippen molar-refractivity contribution in [2.45, 2.75) is 10.4 Å². The summed E-state index contributed by atoms with van der Waals surface area (Å²) in [6.07, 6.45) is 1.02. The summed E-state index contributed by atoms with van der Waals surface area (Å²) in [4.78, 5) is 0.336. The number of thioether (sulfide) groups is 1. The fourth-order valence-corrected chi connectivity index (χ4v) is 4.00. The lowest BCUT2D eigenvalue weighted by molar-refractivity contribution is -0.0327. The Morgan fingerprint density at radius 1 is 1.39 bits per heavy atom. The predicted molar refractivity (Wildman–Crippen MR) is 70.8 cm³/mol. The molecule has 0 aliphatic carbocycles. The van der Waals surface area contributed by atoms with Crippen LogP contribution in [0.5, 0.6) is 0 Å². The fraction of sp³-hybridized carbons (Fsp3) is 0.100. The molecule has 96 valence electrons. The molecule has 2 aromatic rings. The van der Waals surface area contributed by atoms with Crippen LogP contribution in [0.4, 0.5) is 13.2 Å². The van der Waals surface area contributed by atoms with Crippen molar-refractivity contribution in [1.82, 2.24) is 0 Å². The van der Waals surface area contributed by atoms with Gasteiger partial charge in [0, 0.05) is 14.8 Å². The number of hydrogen-bond acceptors (Lipinski definition) is 4. The maximum Gasteiger partial charge on any atom is 0.446 e. The number of halogens is 4. The summed E-state index contributed by atoms with van der Waals surface area (Å²) < 4.78 is 39.0. The number of hydrogen-bond donors (Lipinski definition) is 1. The molecule has 0 atom stereocenters. The molecule has 2 nitrogen and oxygen atoms in total. The highest BCUT2D eigenvalue weighted by molar-refractivity contribution is 9.10. The van der Waals surface area contributed by atoms with Crippen molar-refractivity contribution in [3.8, 4) is 0 Å². The summed E-state index contributed by atoms with van der Waals surface area (Å²) in [6.45, 7) is 0. The van der Waals surface area contributed by atoms with Crippen LogP contribution in [-0.2, 0) is 0 Å². The van der Waals surface area contributed by atoms with Gasteiger partial charge in [0.25, 0.3) is 0 Å². The monoisotopic (exact) mass is 355 g/mol. The van der Waals surface area contributed by atoms with Crippen molar-refractivity contribution in [2.24, 2.45) is 5.16 Å². The third kappa shape index (κ3) is 2.81. The first-order valence-corrected chi connectivity index (χ1v) is 6.99. The molecule has 1 aromatic heterocycles. The molecule has 0 unspecified atom stereocenters. The zero-order valence-electron chi connectivity index (χ0n) is 8.53. The van der Waals surface area contributed by atoms with E-state index in [1.165, 1.54) is 0 Å². The van der Waals surface area contributed by atoms with E-state index < -0.39 is 5.51 Å². The SMILES string of the molecule is O/N=C/c1sc2c(Br)cccc2c1SC(F)(F)F. The van der Waals surface area contributed by atoms with E-state index in [0.717, 1.165) is 17.6 Å². The molecule has 0 aliphatic heterocycles. The van der Waals surface area contributed by atoms with Crippen molar-refractivity contribution in [3.63, 3.8) is 0 Å². The Morgan fingerprint density at radius 3 is 2.72 bits per heavy atom. The first kappa shape index (κ1) is 13.7. The van der Waals surface area contributed by atoms with E-state index in [1.807, 2.05) is 0 Å². The van der Waals surface area contributed by atoms with Gasteiger partial charge in [-0.25, -0.2) is 0 Å². The van der Waals surface area contributed by atoms with Gasteiger partial charge in [0.15, 0.2) is 0 Å². The zero-order chi connectivity index (χ0) is 13.3. The Balaban J connectivity index is 2.67. The highest BCUT2D eigenvalue weighted by atomic mass is 79.9. The van der Waals surface area contributed by atoms with Gasteiger partial charge in [0.1, 0.15) is 0 Å². The Hall–Kier alpha value is -0.730. The van der Waals surface area contributed by atoms with Gasteiger partial charge in [-0.2, -0.15) is 13.2 Å². The van der Waals surface area contributed by atoms with Crippen LogP contribution >= 0.6 is 39.0 Å². The van der Waals surface area contributed by atoms with Gasteiger partial charge < -0.3 is 5.21 Å². The Labute approximate surface area is 117 Å². The minimum absolute atomic E-state index is 0.0570. The third-order valence-electron chi connectivity index (χ3n) is 2.04. The maximum atomic E-state index is 12.5. The van der Waals surface area contributed by atoms with E-state index in [0.29, 0.717) is 14.6 Å². The second-order valence-electron chi connectivity index (χ2n) is 3.20. The van der Waals surface area contributed by atoms with E-state index in [1.54, 1.807) is 18.2 Å². The molecule has 1 aromatic carbocycles. The highest BCUT2D eigenvalue weighted by Gasteiger charge is 2.32. The average molecular weight is 356 g/mol. The molecule has 1 N–H and O–H groups in total. The minimum Gasteiger partial charge on any atom is -0.411 e. The summed E-state index contributed by atoms with van der Waals surface area (Å²) >= 11 is 4.23. The van der Waals surface area contributed by atoms with Gasteiger partial charge in [-0.1, -0.05) is 17.3 Å². The van der Waals surface area contributed by atoms with Gasteiger partial charge in [-0.3, -0.25) is 0 Å². The van der Waals surface area contributed by atoms with Crippen LogP contribution in [0.25, 0.3) is 10.1 Å². The number of thiophene rings is 1. The lowest BCUT2D eigenvalue weighted by Gasteiger charge is -2.05. The van der Waals surface area contributed by atoms with Crippen LogP contribution in [0.3, 0.4) is 0 Å². The van der Waals surface area contributed by atoms with Crippen molar-refractivity contribution >= 4 is 55.3 Å². The molecule has 2 rings (SSSR count). The number of alkyl halides is 3. The van der Waals surface area contributed by atoms with Gasteiger partial charge >= 0.3 is 5.51 Å². The molecule has 0 aliphatic rings. The maximum absolute atomic E-state index is 12.5. The normalized spacial score (nSPS) is 12.7. The van der Waals surface area contributed by atoms with Crippen molar-refractivity contribution in [2.75, 3.05) is 0 Å². The average Bonchev–Trinajstić information content (AvgIpc) is 2.58. The zero-order valence-corrected chi connectivity index (χ0v) is 11.8. The van der Waals surface area contributed by atoms with E-state index >= 15 is 0 Å². The van der Waals surface area contributed by atoms with Gasteiger partial charge in [-0.05, 0) is 33.8 Å². The number of nitrogens with zero attached hydrogens (tertiary/aromatic N) is 1. The molecule has 0 radical (unpaired) electrons. The molecule has 0 saturated heterocycles. The van der Waals surface area contributed by atoms with E-state index in [9.17, 15) is 13.2 Å². The van der Waals surface area contributed by atoms with Gasteiger partial charge in [0.2, 0.25) is 0 Å². The van der Waals surface area contributed by atoms with Crippen LogP contribution in [0.15, 0.2) is 32.7 Å². The lowest BCUT2D eigenvalue weighted by atomic mass is 10.2. The molecular weight excluding hydrogens is 351 g/mol.